The summed E-state index contributed by atoms with van der Waals surface area (Å²) in [6.45, 7) is 6.66. The third-order valence-electron chi connectivity index (χ3n) is 5.15. The van der Waals surface area contributed by atoms with E-state index in [4.69, 9.17) is 9.97 Å². The third kappa shape index (κ3) is 3.29. The highest BCUT2D eigenvalue weighted by Crippen LogP contribution is 2.37. The van der Waals surface area contributed by atoms with Crippen molar-refractivity contribution in [1.82, 2.24) is 14.9 Å². The normalized spacial score (nSPS) is 23.0. The topological polar surface area (TPSA) is 35.5 Å². The van der Waals surface area contributed by atoms with Crippen molar-refractivity contribution in [2.24, 2.45) is 0 Å². The molecule has 126 valence electrons. The molecule has 0 N–H and O–H groups in total. The van der Waals surface area contributed by atoms with Crippen LogP contribution in [0.15, 0.2) is 4.90 Å². The molecule has 3 aliphatic heterocycles. The number of thioether (sulfide) groups is 1. The van der Waals surface area contributed by atoms with Gasteiger partial charge in [-0.25, -0.2) is 4.98 Å². The Kier molecular flexibility index (Phi) is 4.62. The maximum absolute atomic E-state index is 5.06. The molecule has 0 spiro atoms. The van der Waals surface area contributed by atoms with E-state index in [2.05, 4.69) is 21.7 Å². The Labute approximate surface area is 143 Å². The van der Waals surface area contributed by atoms with Crippen LogP contribution in [0.3, 0.4) is 0 Å². The van der Waals surface area contributed by atoms with E-state index in [0.29, 0.717) is 0 Å². The Balaban J connectivity index is 1.67. The monoisotopic (exact) mass is 333 g/mol. The average molecular weight is 334 g/mol. The SMILES string of the molecule is CN1CCN(c2nc(N3CCCCC3)nc3c2SCCC3)CC1. The molecule has 1 aromatic heterocycles. The van der Waals surface area contributed by atoms with Crippen molar-refractivity contribution >= 4 is 23.5 Å². The number of piperidine rings is 1. The smallest absolute Gasteiger partial charge is 0.227 e. The van der Waals surface area contributed by atoms with Crippen LogP contribution in [-0.2, 0) is 6.42 Å². The van der Waals surface area contributed by atoms with E-state index >= 15 is 0 Å². The van der Waals surface area contributed by atoms with Crippen LogP contribution in [-0.4, -0.2) is 66.9 Å². The van der Waals surface area contributed by atoms with Gasteiger partial charge in [0.05, 0.1) is 10.6 Å². The van der Waals surface area contributed by atoms with Crippen LogP contribution >= 0.6 is 11.8 Å². The highest BCUT2D eigenvalue weighted by Gasteiger charge is 2.26. The Hall–Kier alpha value is -1.01. The largest absolute Gasteiger partial charge is 0.353 e. The van der Waals surface area contributed by atoms with Crippen molar-refractivity contribution in [1.29, 1.82) is 0 Å². The zero-order valence-corrected chi connectivity index (χ0v) is 14.9. The molecule has 0 aromatic carbocycles. The second-order valence-electron chi connectivity index (χ2n) is 6.91. The van der Waals surface area contributed by atoms with Crippen LogP contribution in [0.1, 0.15) is 31.4 Å². The summed E-state index contributed by atoms with van der Waals surface area (Å²) >= 11 is 1.97. The van der Waals surface area contributed by atoms with Gasteiger partial charge in [0.1, 0.15) is 5.82 Å². The minimum atomic E-state index is 0.986. The molecule has 0 atom stereocenters. The Bertz CT molecular complexity index is 550. The van der Waals surface area contributed by atoms with Crippen molar-refractivity contribution in [2.45, 2.75) is 37.0 Å². The number of likely N-dealkylation sites (N-methyl/N-ethyl adjacent to an activating group) is 1. The van der Waals surface area contributed by atoms with Gasteiger partial charge in [0.2, 0.25) is 5.95 Å². The average Bonchev–Trinajstić information content (AvgIpc) is 2.62. The van der Waals surface area contributed by atoms with Gasteiger partial charge in [0.25, 0.3) is 0 Å². The van der Waals surface area contributed by atoms with Crippen LogP contribution < -0.4 is 9.80 Å². The second kappa shape index (κ2) is 6.85. The lowest BCUT2D eigenvalue weighted by Gasteiger charge is -2.36. The van der Waals surface area contributed by atoms with Crippen molar-refractivity contribution in [3.8, 4) is 0 Å². The maximum atomic E-state index is 5.06. The van der Waals surface area contributed by atoms with Crippen LogP contribution in [0.4, 0.5) is 11.8 Å². The minimum absolute atomic E-state index is 0.986. The molecule has 0 aliphatic carbocycles. The zero-order chi connectivity index (χ0) is 15.6. The van der Waals surface area contributed by atoms with E-state index < -0.39 is 0 Å². The molecular weight excluding hydrogens is 306 g/mol. The van der Waals surface area contributed by atoms with Gasteiger partial charge in [0, 0.05) is 39.3 Å². The molecule has 0 amide bonds. The molecule has 5 nitrogen and oxygen atoms in total. The number of hydrogen-bond donors (Lipinski definition) is 0. The first kappa shape index (κ1) is 15.5. The first-order chi connectivity index (χ1) is 11.3. The lowest BCUT2D eigenvalue weighted by atomic mass is 10.1. The molecule has 3 aliphatic rings. The van der Waals surface area contributed by atoms with Gasteiger partial charge in [0.15, 0.2) is 0 Å². The molecular formula is C17H27N5S. The van der Waals surface area contributed by atoms with Gasteiger partial charge in [-0.2, -0.15) is 4.98 Å². The molecule has 4 heterocycles. The van der Waals surface area contributed by atoms with Crippen molar-refractivity contribution in [3.05, 3.63) is 5.69 Å². The van der Waals surface area contributed by atoms with Gasteiger partial charge < -0.3 is 14.7 Å². The van der Waals surface area contributed by atoms with Gasteiger partial charge in [-0.1, -0.05) is 0 Å². The van der Waals surface area contributed by atoms with E-state index in [0.717, 1.165) is 51.6 Å². The summed E-state index contributed by atoms with van der Waals surface area (Å²) in [7, 11) is 2.21. The van der Waals surface area contributed by atoms with E-state index in [1.165, 1.54) is 47.8 Å². The third-order valence-corrected chi connectivity index (χ3v) is 6.35. The second-order valence-corrected chi connectivity index (χ2v) is 8.02. The molecule has 6 heteroatoms. The predicted molar refractivity (Wildman–Crippen MR) is 96.9 cm³/mol. The van der Waals surface area contributed by atoms with E-state index in [1.807, 2.05) is 11.8 Å². The molecule has 1 aromatic rings. The molecule has 2 saturated heterocycles. The number of nitrogens with zero attached hydrogens (tertiary/aromatic N) is 5. The van der Waals surface area contributed by atoms with Crippen molar-refractivity contribution < 1.29 is 0 Å². The number of aryl methyl sites for hydroxylation is 1. The molecule has 2 fully saturated rings. The van der Waals surface area contributed by atoms with Gasteiger partial charge >= 0.3 is 0 Å². The lowest BCUT2D eigenvalue weighted by molar-refractivity contribution is 0.311. The van der Waals surface area contributed by atoms with Crippen LogP contribution in [0.2, 0.25) is 0 Å². The van der Waals surface area contributed by atoms with Crippen LogP contribution in [0, 0.1) is 0 Å². The summed E-state index contributed by atoms with van der Waals surface area (Å²) in [5, 5.41) is 0. The van der Waals surface area contributed by atoms with Crippen molar-refractivity contribution in [3.63, 3.8) is 0 Å². The molecule has 4 rings (SSSR count). The van der Waals surface area contributed by atoms with Gasteiger partial charge in [-0.05, 0) is 44.9 Å². The Morgan fingerprint density at radius 2 is 1.61 bits per heavy atom. The fourth-order valence-corrected chi connectivity index (χ4v) is 4.78. The zero-order valence-electron chi connectivity index (χ0n) is 14.1. The highest BCUT2D eigenvalue weighted by atomic mass is 32.2. The molecule has 0 unspecified atom stereocenters. The standard InChI is InChI=1S/C17H27N5S/c1-20-9-11-21(12-10-20)16-15-14(6-5-13-23-15)18-17(19-16)22-7-3-2-4-8-22/h2-13H2,1H3. The van der Waals surface area contributed by atoms with E-state index in [1.54, 1.807) is 0 Å². The number of fused-ring (bicyclic) bond motifs is 1. The summed E-state index contributed by atoms with van der Waals surface area (Å²) in [5.74, 6) is 3.41. The van der Waals surface area contributed by atoms with Crippen LogP contribution in [0.25, 0.3) is 0 Å². The fourth-order valence-electron chi connectivity index (χ4n) is 3.67. The predicted octanol–water partition coefficient (Wildman–Crippen LogP) is 2.26. The Morgan fingerprint density at radius 1 is 0.826 bits per heavy atom. The van der Waals surface area contributed by atoms with Gasteiger partial charge in [-0.3, -0.25) is 0 Å². The minimum Gasteiger partial charge on any atom is -0.353 e. The summed E-state index contributed by atoms with van der Waals surface area (Å²) in [6, 6.07) is 0. The fraction of sp³-hybridized carbons (Fsp3) is 0.765. The first-order valence-electron chi connectivity index (χ1n) is 9.03. The number of anilines is 2. The van der Waals surface area contributed by atoms with Crippen LogP contribution in [0.5, 0.6) is 0 Å². The number of piperazine rings is 1. The molecule has 0 radical (unpaired) electrons. The number of hydrogen-bond acceptors (Lipinski definition) is 6. The summed E-state index contributed by atoms with van der Waals surface area (Å²) in [5.41, 5.74) is 1.30. The highest BCUT2D eigenvalue weighted by molar-refractivity contribution is 7.99. The summed E-state index contributed by atoms with van der Waals surface area (Å²) < 4.78 is 0. The lowest BCUT2D eigenvalue weighted by Crippen LogP contribution is -2.45. The van der Waals surface area contributed by atoms with E-state index in [-0.39, 0.29) is 0 Å². The van der Waals surface area contributed by atoms with E-state index in [9.17, 15) is 0 Å². The molecule has 23 heavy (non-hydrogen) atoms. The maximum Gasteiger partial charge on any atom is 0.227 e. The van der Waals surface area contributed by atoms with Gasteiger partial charge in [-0.15, -0.1) is 11.8 Å². The summed E-state index contributed by atoms with van der Waals surface area (Å²) in [6.07, 6.45) is 6.27. The molecule has 0 bridgehead atoms. The Morgan fingerprint density at radius 3 is 2.39 bits per heavy atom. The quantitative estimate of drug-likeness (QED) is 0.826. The molecule has 0 saturated carbocycles. The number of aromatic nitrogens is 2. The number of rotatable bonds is 2. The summed E-state index contributed by atoms with van der Waals surface area (Å²) in [4.78, 5) is 18.7. The van der Waals surface area contributed by atoms with Crippen molar-refractivity contribution in [2.75, 3.05) is 61.9 Å². The first-order valence-corrected chi connectivity index (χ1v) is 10.0.